The summed E-state index contributed by atoms with van der Waals surface area (Å²) in [6.07, 6.45) is -3.97. The van der Waals surface area contributed by atoms with E-state index in [0.717, 1.165) is 22.8 Å². The van der Waals surface area contributed by atoms with E-state index in [0.29, 0.717) is 29.8 Å². The molecule has 11 heteroatoms. The lowest BCUT2D eigenvalue weighted by Gasteiger charge is -2.22. The van der Waals surface area contributed by atoms with Crippen LogP contribution in [0.5, 0.6) is 0 Å². The van der Waals surface area contributed by atoms with E-state index in [-0.39, 0.29) is 11.3 Å². The molecule has 0 bridgehead atoms. The molecule has 0 amide bonds. The summed E-state index contributed by atoms with van der Waals surface area (Å²) < 4.78 is 88.8. The van der Waals surface area contributed by atoms with E-state index < -0.39 is 52.0 Å². The van der Waals surface area contributed by atoms with Gasteiger partial charge >= 0.3 is 6.18 Å². The molecule has 0 saturated carbocycles. The molecule has 2 aromatic carbocycles. The Balaban J connectivity index is 2.00. The number of aryl methyl sites for hydroxylation is 2. The first-order valence-corrected chi connectivity index (χ1v) is 10.5. The topological polar surface area (TPSA) is 68.3 Å². The van der Waals surface area contributed by atoms with Gasteiger partial charge in [0.1, 0.15) is 23.1 Å². The summed E-state index contributed by atoms with van der Waals surface area (Å²) in [6.45, 7) is 3.55. The molecule has 4 rings (SSSR count). The Bertz CT molecular complexity index is 1510. The second-order valence-corrected chi connectivity index (χ2v) is 8.41. The Morgan fingerprint density at radius 2 is 1.58 bits per heavy atom. The van der Waals surface area contributed by atoms with E-state index in [4.69, 9.17) is 4.42 Å². The standard InChI is InChI=1S/C25H18F6N2O3/c1-12-8-16(27)9-13(2)21(12)33-11-14(4-7-19(33)34)20-22(17-6-5-15(26)10-18(17)28)36-23(32-20)24(3,35)25(29,30)31/h4-11,35H,1-3H3. The zero-order valence-corrected chi connectivity index (χ0v) is 19.0. The molecular formula is C25H18F6N2O3. The van der Waals surface area contributed by atoms with Gasteiger partial charge in [-0.3, -0.25) is 9.36 Å². The zero-order chi connectivity index (χ0) is 26.6. The van der Waals surface area contributed by atoms with E-state index >= 15 is 0 Å². The van der Waals surface area contributed by atoms with Crippen LogP contribution in [0.4, 0.5) is 26.3 Å². The summed E-state index contributed by atoms with van der Waals surface area (Å²) >= 11 is 0. The average Bonchev–Trinajstić information content (AvgIpc) is 3.19. The second-order valence-electron chi connectivity index (χ2n) is 8.41. The van der Waals surface area contributed by atoms with E-state index in [1.54, 1.807) is 13.8 Å². The Morgan fingerprint density at radius 3 is 2.17 bits per heavy atom. The molecule has 1 unspecified atom stereocenters. The van der Waals surface area contributed by atoms with Crippen LogP contribution in [0.25, 0.3) is 28.3 Å². The van der Waals surface area contributed by atoms with Gasteiger partial charge in [-0.15, -0.1) is 0 Å². The molecule has 0 aliphatic carbocycles. The van der Waals surface area contributed by atoms with Gasteiger partial charge in [-0.1, -0.05) is 0 Å². The Hall–Kier alpha value is -3.86. The number of hydrogen-bond donors (Lipinski definition) is 1. The van der Waals surface area contributed by atoms with Crippen LogP contribution in [0.1, 0.15) is 23.9 Å². The minimum atomic E-state index is -5.20. The molecule has 188 valence electrons. The van der Waals surface area contributed by atoms with Gasteiger partial charge in [0.2, 0.25) is 11.5 Å². The van der Waals surface area contributed by atoms with Crippen molar-refractivity contribution in [2.75, 3.05) is 0 Å². The quantitative estimate of drug-likeness (QED) is 0.346. The van der Waals surface area contributed by atoms with E-state index in [1.807, 2.05) is 0 Å². The third-order valence-electron chi connectivity index (χ3n) is 5.65. The first-order valence-electron chi connectivity index (χ1n) is 10.5. The van der Waals surface area contributed by atoms with E-state index in [2.05, 4.69) is 4.98 Å². The van der Waals surface area contributed by atoms with Crippen molar-refractivity contribution in [1.82, 2.24) is 9.55 Å². The number of oxazole rings is 1. The van der Waals surface area contributed by atoms with Crippen LogP contribution in [-0.4, -0.2) is 20.8 Å². The molecule has 2 heterocycles. The van der Waals surface area contributed by atoms with Gasteiger partial charge in [-0.05, 0) is 62.2 Å². The van der Waals surface area contributed by atoms with Crippen molar-refractivity contribution in [3.05, 3.63) is 93.5 Å². The highest BCUT2D eigenvalue weighted by atomic mass is 19.4. The molecule has 0 aliphatic heterocycles. The number of aromatic nitrogens is 2. The Kier molecular flexibility index (Phi) is 6.07. The van der Waals surface area contributed by atoms with Gasteiger partial charge in [-0.2, -0.15) is 13.2 Å². The summed E-state index contributed by atoms with van der Waals surface area (Å²) in [4.78, 5) is 16.5. The summed E-state index contributed by atoms with van der Waals surface area (Å²) in [5.74, 6) is -4.32. The van der Waals surface area contributed by atoms with Crippen LogP contribution in [0.15, 0.2) is 57.9 Å². The van der Waals surface area contributed by atoms with Crippen molar-refractivity contribution in [2.24, 2.45) is 0 Å². The molecule has 0 spiro atoms. The fourth-order valence-corrected chi connectivity index (χ4v) is 3.79. The van der Waals surface area contributed by atoms with Crippen LogP contribution in [0, 0.1) is 31.3 Å². The lowest BCUT2D eigenvalue weighted by molar-refractivity contribution is -0.266. The Labute approximate surface area is 200 Å². The van der Waals surface area contributed by atoms with Crippen molar-refractivity contribution in [3.63, 3.8) is 0 Å². The van der Waals surface area contributed by atoms with Crippen LogP contribution in [0.3, 0.4) is 0 Å². The number of pyridine rings is 1. The number of benzene rings is 2. The van der Waals surface area contributed by atoms with Crippen molar-refractivity contribution < 1.29 is 35.9 Å². The van der Waals surface area contributed by atoms with Gasteiger partial charge in [0, 0.05) is 23.9 Å². The summed E-state index contributed by atoms with van der Waals surface area (Å²) in [5, 5.41) is 10.1. The van der Waals surface area contributed by atoms with Gasteiger partial charge in [-0.25, -0.2) is 18.2 Å². The van der Waals surface area contributed by atoms with Crippen LogP contribution in [-0.2, 0) is 5.60 Å². The predicted molar refractivity (Wildman–Crippen MR) is 118 cm³/mol. The monoisotopic (exact) mass is 508 g/mol. The normalized spacial score (nSPS) is 13.6. The number of aliphatic hydroxyl groups is 1. The van der Waals surface area contributed by atoms with E-state index in [1.165, 1.54) is 24.4 Å². The molecule has 1 atom stereocenters. The van der Waals surface area contributed by atoms with Crippen LogP contribution in [0.2, 0.25) is 0 Å². The molecule has 0 fully saturated rings. The summed E-state index contributed by atoms with van der Waals surface area (Å²) in [7, 11) is 0. The smallest absolute Gasteiger partial charge is 0.425 e. The Morgan fingerprint density at radius 1 is 0.944 bits per heavy atom. The molecule has 0 saturated heterocycles. The summed E-state index contributed by atoms with van der Waals surface area (Å²) in [6, 6.07) is 7.06. The van der Waals surface area contributed by atoms with Crippen LogP contribution < -0.4 is 5.56 Å². The third kappa shape index (κ3) is 4.30. The molecule has 0 radical (unpaired) electrons. The van der Waals surface area contributed by atoms with Crippen molar-refractivity contribution >= 4 is 0 Å². The molecule has 1 N–H and O–H groups in total. The fraction of sp³-hybridized carbons (Fsp3) is 0.200. The van der Waals surface area contributed by atoms with Gasteiger partial charge in [0.15, 0.2) is 5.76 Å². The number of nitrogens with zero attached hydrogens (tertiary/aromatic N) is 2. The lowest BCUT2D eigenvalue weighted by atomic mass is 10.1. The highest BCUT2D eigenvalue weighted by molar-refractivity contribution is 5.77. The first-order chi connectivity index (χ1) is 16.7. The molecule has 4 aromatic rings. The molecule has 0 aliphatic rings. The lowest BCUT2D eigenvalue weighted by Crippen LogP contribution is -2.39. The van der Waals surface area contributed by atoms with Crippen molar-refractivity contribution in [2.45, 2.75) is 32.5 Å². The minimum Gasteiger partial charge on any atom is -0.436 e. The zero-order valence-electron chi connectivity index (χ0n) is 19.0. The maximum atomic E-state index is 14.6. The number of hydrogen-bond acceptors (Lipinski definition) is 4. The molecule has 36 heavy (non-hydrogen) atoms. The predicted octanol–water partition coefficient (Wildman–Crippen LogP) is 5.96. The van der Waals surface area contributed by atoms with Crippen molar-refractivity contribution in [3.8, 4) is 28.3 Å². The minimum absolute atomic E-state index is 0.0180. The van der Waals surface area contributed by atoms with E-state index in [9.17, 15) is 36.2 Å². The highest BCUT2D eigenvalue weighted by Crippen LogP contribution is 2.43. The average molecular weight is 508 g/mol. The highest BCUT2D eigenvalue weighted by Gasteiger charge is 2.55. The first kappa shape index (κ1) is 25.2. The summed E-state index contributed by atoms with van der Waals surface area (Å²) in [5.41, 5.74) is -3.71. The molecule has 5 nitrogen and oxygen atoms in total. The SMILES string of the molecule is Cc1cc(F)cc(C)c1-n1cc(-c2nc(C(C)(O)C(F)(F)F)oc2-c2ccc(F)cc2F)ccc1=O. The third-order valence-corrected chi connectivity index (χ3v) is 5.65. The van der Waals surface area contributed by atoms with Gasteiger partial charge < -0.3 is 9.52 Å². The maximum absolute atomic E-state index is 14.6. The molecular weight excluding hydrogens is 490 g/mol. The number of halogens is 6. The fourth-order valence-electron chi connectivity index (χ4n) is 3.79. The van der Waals surface area contributed by atoms with Gasteiger partial charge in [0.25, 0.3) is 5.56 Å². The second kappa shape index (κ2) is 8.66. The maximum Gasteiger partial charge on any atom is 0.425 e. The number of alkyl halides is 3. The van der Waals surface area contributed by atoms with Gasteiger partial charge in [0.05, 0.1) is 11.3 Å². The van der Waals surface area contributed by atoms with Crippen LogP contribution >= 0.6 is 0 Å². The largest absolute Gasteiger partial charge is 0.436 e. The van der Waals surface area contributed by atoms with Crippen molar-refractivity contribution in [1.29, 1.82) is 0 Å². The molecule has 2 aromatic heterocycles. The number of rotatable bonds is 4.